The molecule has 2 heterocycles. The molecule has 0 aliphatic carbocycles. The van der Waals surface area contributed by atoms with Crippen molar-refractivity contribution in [2.24, 2.45) is 0 Å². The molecule has 9 heteroatoms. The van der Waals surface area contributed by atoms with E-state index in [0.29, 0.717) is 42.3 Å². The zero-order valence-corrected chi connectivity index (χ0v) is 18.8. The minimum atomic E-state index is -3.60. The number of hydrogen-bond acceptors (Lipinski definition) is 4. The van der Waals surface area contributed by atoms with Gasteiger partial charge < -0.3 is 0 Å². The molecule has 0 spiro atoms. The van der Waals surface area contributed by atoms with Crippen molar-refractivity contribution in [1.82, 2.24) is 19.1 Å². The van der Waals surface area contributed by atoms with E-state index >= 15 is 0 Å². The highest BCUT2D eigenvalue weighted by Crippen LogP contribution is 2.17. The lowest BCUT2D eigenvalue weighted by Crippen LogP contribution is -2.30. The summed E-state index contributed by atoms with van der Waals surface area (Å²) in [5, 5.41) is 3.75. The zero-order chi connectivity index (χ0) is 21.9. The maximum Gasteiger partial charge on any atom is 0.276 e. The second-order valence-electron chi connectivity index (χ2n) is 6.81. The standard InChI is InChI=1S/C21H25ClN4O3S/c1-4-19-18(13-15-7-9-16(22)10-8-15)21(27)26(24-19)20-12-11-17(14-23-20)30(28,29)25(5-2)6-3/h7-12,14,24H,4-6,13H2,1-3H3. The van der Waals surface area contributed by atoms with E-state index in [9.17, 15) is 13.2 Å². The Morgan fingerprint density at radius 1 is 1.07 bits per heavy atom. The summed E-state index contributed by atoms with van der Waals surface area (Å²) in [6, 6.07) is 10.4. The number of pyridine rings is 1. The molecule has 0 radical (unpaired) electrons. The number of rotatable bonds is 8. The van der Waals surface area contributed by atoms with Crippen LogP contribution in [0, 0.1) is 0 Å². The van der Waals surface area contributed by atoms with E-state index in [-0.39, 0.29) is 10.5 Å². The van der Waals surface area contributed by atoms with E-state index < -0.39 is 10.0 Å². The number of halogens is 1. The summed E-state index contributed by atoms with van der Waals surface area (Å²) in [7, 11) is -3.60. The van der Waals surface area contributed by atoms with Crippen molar-refractivity contribution >= 4 is 21.6 Å². The Labute approximate surface area is 181 Å². The molecule has 7 nitrogen and oxygen atoms in total. The average molecular weight is 449 g/mol. The molecule has 1 N–H and O–H groups in total. The first-order valence-corrected chi connectivity index (χ1v) is 11.7. The van der Waals surface area contributed by atoms with Gasteiger partial charge in [0.1, 0.15) is 4.90 Å². The number of benzene rings is 1. The van der Waals surface area contributed by atoms with Gasteiger partial charge in [0.25, 0.3) is 5.56 Å². The van der Waals surface area contributed by atoms with Crippen molar-refractivity contribution in [3.63, 3.8) is 0 Å². The fraction of sp³-hybridized carbons (Fsp3) is 0.333. The largest absolute Gasteiger partial charge is 0.293 e. The molecule has 0 aliphatic rings. The third-order valence-corrected chi connectivity index (χ3v) is 7.30. The number of aryl methyl sites for hydroxylation is 1. The zero-order valence-electron chi connectivity index (χ0n) is 17.2. The lowest BCUT2D eigenvalue weighted by molar-refractivity contribution is 0.445. The highest BCUT2D eigenvalue weighted by Gasteiger charge is 2.22. The van der Waals surface area contributed by atoms with Crippen molar-refractivity contribution in [2.45, 2.75) is 38.5 Å². The first kappa shape index (κ1) is 22.3. The van der Waals surface area contributed by atoms with Gasteiger partial charge in [0.15, 0.2) is 5.82 Å². The van der Waals surface area contributed by atoms with Crippen molar-refractivity contribution in [2.75, 3.05) is 13.1 Å². The molecule has 0 saturated heterocycles. The van der Waals surface area contributed by atoms with Crippen LogP contribution < -0.4 is 5.56 Å². The molecule has 0 bridgehead atoms. The van der Waals surface area contributed by atoms with E-state index in [2.05, 4.69) is 10.1 Å². The van der Waals surface area contributed by atoms with Crippen LogP contribution in [0.15, 0.2) is 52.3 Å². The summed E-state index contributed by atoms with van der Waals surface area (Å²) < 4.78 is 28.0. The normalized spacial score (nSPS) is 11.9. The van der Waals surface area contributed by atoms with Crippen LogP contribution in [0.2, 0.25) is 5.02 Å². The first-order valence-electron chi connectivity index (χ1n) is 9.85. The maximum atomic E-state index is 13.0. The Morgan fingerprint density at radius 2 is 1.73 bits per heavy atom. The molecule has 160 valence electrons. The van der Waals surface area contributed by atoms with Gasteiger partial charge in [0.05, 0.1) is 0 Å². The SMILES string of the molecule is CCc1[nH]n(-c2ccc(S(=O)(=O)N(CC)CC)cn2)c(=O)c1Cc1ccc(Cl)cc1. The van der Waals surface area contributed by atoms with E-state index in [0.717, 1.165) is 11.3 Å². The molecule has 2 aromatic heterocycles. The van der Waals surface area contributed by atoms with Crippen LogP contribution in [0.5, 0.6) is 0 Å². The molecule has 0 saturated carbocycles. The Morgan fingerprint density at radius 3 is 2.27 bits per heavy atom. The number of aromatic nitrogens is 3. The summed E-state index contributed by atoms with van der Waals surface area (Å²) in [5.41, 5.74) is 2.25. The van der Waals surface area contributed by atoms with Crippen LogP contribution in [0.3, 0.4) is 0 Å². The Balaban J connectivity index is 1.96. The Kier molecular flexibility index (Phi) is 6.80. The van der Waals surface area contributed by atoms with Crippen LogP contribution >= 0.6 is 11.6 Å². The Hall–Kier alpha value is -2.42. The van der Waals surface area contributed by atoms with Crippen LogP contribution in [0.25, 0.3) is 5.82 Å². The van der Waals surface area contributed by atoms with E-state index in [4.69, 9.17) is 11.6 Å². The average Bonchev–Trinajstić information content (AvgIpc) is 3.06. The lowest BCUT2D eigenvalue weighted by atomic mass is 10.0. The smallest absolute Gasteiger partial charge is 0.276 e. The number of H-pyrrole nitrogens is 1. The summed E-state index contributed by atoms with van der Waals surface area (Å²) >= 11 is 5.95. The fourth-order valence-electron chi connectivity index (χ4n) is 3.33. The number of nitrogens with one attached hydrogen (secondary N) is 1. The molecule has 3 rings (SSSR count). The van der Waals surface area contributed by atoms with Crippen molar-refractivity contribution in [3.8, 4) is 5.82 Å². The minimum Gasteiger partial charge on any atom is -0.293 e. The lowest BCUT2D eigenvalue weighted by Gasteiger charge is -2.18. The van der Waals surface area contributed by atoms with Gasteiger partial charge in [-0.1, -0.05) is 44.5 Å². The predicted octanol–water partition coefficient (Wildman–Crippen LogP) is 3.40. The van der Waals surface area contributed by atoms with Gasteiger partial charge in [-0.15, -0.1) is 0 Å². The number of aromatic amines is 1. The highest BCUT2D eigenvalue weighted by atomic mass is 35.5. The molecular formula is C21H25ClN4O3S. The second-order valence-corrected chi connectivity index (χ2v) is 9.18. The number of nitrogens with zero attached hydrogens (tertiary/aromatic N) is 3. The molecule has 3 aromatic rings. The quantitative estimate of drug-likeness (QED) is 0.572. The number of hydrogen-bond donors (Lipinski definition) is 1. The fourth-order valence-corrected chi connectivity index (χ4v) is 4.86. The maximum absolute atomic E-state index is 13.0. The molecule has 0 amide bonds. The molecular weight excluding hydrogens is 424 g/mol. The van der Waals surface area contributed by atoms with Gasteiger partial charge >= 0.3 is 0 Å². The van der Waals surface area contributed by atoms with E-state index in [1.807, 2.05) is 19.1 Å². The van der Waals surface area contributed by atoms with Crippen molar-refractivity contribution in [1.29, 1.82) is 0 Å². The van der Waals surface area contributed by atoms with Gasteiger partial charge in [0.2, 0.25) is 10.0 Å². The van der Waals surface area contributed by atoms with Crippen LogP contribution in [-0.2, 0) is 22.9 Å². The summed E-state index contributed by atoms with van der Waals surface area (Å²) in [6.07, 6.45) is 2.41. The van der Waals surface area contributed by atoms with Gasteiger partial charge in [0, 0.05) is 42.0 Å². The third-order valence-electron chi connectivity index (χ3n) is 5.01. The number of sulfonamides is 1. The van der Waals surface area contributed by atoms with Gasteiger partial charge in [-0.25, -0.2) is 18.1 Å². The topological polar surface area (TPSA) is 88.1 Å². The van der Waals surface area contributed by atoms with Crippen LogP contribution in [0.4, 0.5) is 0 Å². The summed E-state index contributed by atoms with van der Waals surface area (Å²) in [6.45, 7) is 6.30. The predicted molar refractivity (Wildman–Crippen MR) is 118 cm³/mol. The third kappa shape index (κ3) is 4.35. The van der Waals surface area contributed by atoms with Crippen LogP contribution in [0.1, 0.15) is 37.6 Å². The molecule has 0 fully saturated rings. The molecule has 0 aliphatic heterocycles. The van der Waals surface area contributed by atoms with Crippen molar-refractivity contribution < 1.29 is 8.42 Å². The van der Waals surface area contributed by atoms with E-state index in [1.54, 1.807) is 32.0 Å². The van der Waals surface area contributed by atoms with Gasteiger partial charge in [-0.05, 0) is 36.2 Å². The first-order chi connectivity index (χ1) is 14.3. The minimum absolute atomic E-state index is 0.103. The van der Waals surface area contributed by atoms with Crippen molar-refractivity contribution in [3.05, 3.63) is 74.8 Å². The molecule has 0 atom stereocenters. The molecule has 30 heavy (non-hydrogen) atoms. The van der Waals surface area contributed by atoms with Crippen LogP contribution in [-0.4, -0.2) is 40.6 Å². The monoisotopic (exact) mass is 448 g/mol. The summed E-state index contributed by atoms with van der Waals surface area (Å²) in [4.78, 5) is 17.4. The van der Waals surface area contributed by atoms with E-state index in [1.165, 1.54) is 21.3 Å². The second kappa shape index (κ2) is 9.16. The van der Waals surface area contributed by atoms with Gasteiger partial charge in [-0.3, -0.25) is 9.89 Å². The highest BCUT2D eigenvalue weighted by molar-refractivity contribution is 7.89. The van der Waals surface area contributed by atoms with Gasteiger partial charge in [-0.2, -0.15) is 4.31 Å². The molecule has 0 unspecified atom stereocenters. The summed E-state index contributed by atoms with van der Waals surface area (Å²) in [5.74, 6) is 0.343. The molecule has 1 aromatic carbocycles. The Bertz CT molecular complexity index is 1160.